The lowest BCUT2D eigenvalue weighted by Gasteiger charge is -2.42. The molecule has 1 aliphatic heterocycles. The van der Waals surface area contributed by atoms with Crippen LogP contribution in [0.15, 0.2) is 64.9 Å². The molecule has 2 N–H and O–H groups in total. The van der Waals surface area contributed by atoms with Crippen LogP contribution in [0, 0.1) is 12.7 Å². The van der Waals surface area contributed by atoms with Crippen molar-refractivity contribution in [2.75, 3.05) is 13.1 Å². The second-order valence-electron chi connectivity index (χ2n) is 8.98. The molecule has 0 bridgehead atoms. The molecule has 2 aromatic carbocycles. The highest BCUT2D eigenvalue weighted by atomic mass is 35.5. The van der Waals surface area contributed by atoms with Crippen LogP contribution in [0.25, 0.3) is 0 Å². The Morgan fingerprint density at radius 1 is 1.13 bits per heavy atom. The van der Waals surface area contributed by atoms with Gasteiger partial charge in [0.05, 0.1) is 16.8 Å². The fourth-order valence-electron chi connectivity index (χ4n) is 4.40. The van der Waals surface area contributed by atoms with E-state index in [0.717, 1.165) is 38.2 Å². The molecular weight excluding hydrogens is 569 g/mol. The number of thiophene rings is 1. The van der Waals surface area contributed by atoms with Crippen molar-refractivity contribution in [1.82, 2.24) is 14.5 Å². The summed E-state index contributed by atoms with van der Waals surface area (Å²) in [6.45, 7) is 1.78. The number of carbonyl (C=O) groups is 3. The molecule has 9 nitrogen and oxygen atoms in total. The molecule has 1 fully saturated rings. The first-order chi connectivity index (χ1) is 18.5. The van der Waals surface area contributed by atoms with Crippen molar-refractivity contribution in [3.05, 3.63) is 87.5 Å². The van der Waals surface area contributed by atoms with E-state index < -0.39 is 52.3 Å². The Hall–Kier alpha value is -3.32. The topological polar surface area (TPSA) is 124 Å². The zero-order valence-electron chi connectivity index (χ0n) is 20.7. The number of amides is 2. The number of benzene rings is 2. The molecule has 3 aromatic rings. The number of aryl methyl sites for hydroxylation is 1. The van der Waals surface area contributed by atoms with Gasteiger partial charge in [0.25, 0.3) is 21.8 Å². The molecule has 4 rings (SSSR count). The van der Waals surface area contributed by atoms with E-state index in [9.17, 15) is 32.3 Å². The number of aliphatic carboxylic acids is 1. The summed E-state index contributed by atoms with van der Waals surface area (Å²) in [5.41, 5.74) is 1.41. The third-order valence-corrected chi connectivity index (χ3v) is 9.74. The molecule has 206 valence electrons. The van der Waals surface area contributed by atoms with Crippen molar-refractivity contribution in [1.29, 1.82) is 0 Å². The first-order valence-electron chi connectivity index (χ1n) is 11.9. The monoisotopic (exact) mass is 593 g/mol. The Morgan fingerprint density at radius 3 is 2.46 bits per heavy atom. The molecule has 0 radical (unpaired) electrons. The van der Waals surface area contributed by atoms with Gasteiger partial charge in [0.1, 0.15) is 10.0 Å². The third-order valence-electron chi connectivity index (χ3n) is 6.18. The molecule has 0 saturated carbocycles. The molecule has 0 spiro atoms. The lowest BCUT2D eigenvalue weighted by molar-refractivity contribution is -0.138. The van der Waals surface area contributed by atoms with Crippen molar-refractivity contribution in [2.24, 2.45) is 0 Å². The molecule has 13 heteroatoms. The molecule has 1 saturated heterocycles. The van der Waals surface area contributed by atoms with E-state index in [1.807, 2.05) is 13.0 Å². The van der Waals surface area contributed by atoms with E-state index in [4.69, 9.17) is 11.6 Å². The van der Waals surface area contributed by atoms with Crippen molar-refractivity contribution < 1.29 is 32.3 Å². The van der Waals surface area contributed by atoms with Crippen LogP contribution < -0.4 is 5.32 Å². The number of hydrogen-bond acceptors (Lipinski definition) is 6. The second-order valence-corrected chi connectivity index (χ2v) is 12.8. The predicted molar refractivity (Wildman–Crippen MR) is 143 cm³/mol. The van der Waals surface area contributed by atoms with Crippen LogP contribution in [0.1, 0.15) is 40.4 Å². The zero-order chi connectivity index (χ0) is 28.3. The van der Waals surface area contributed by atoms with Gasteiger partial charge in [-0.25, -0.2) is 12.8 Å². The number of halogens is 2. The third kappa shape index (κ3) is 6.47. The number of carboxylic acid groups (broad SMARTS) is 1. The van der Waals surface area contributed by atoms with Gasteiger partial charge in [-0.3, -0.25) is 14.4 Å². The van der Waals surface area contributed by atoms with Crippen LogP contribution in [0.3, 0.4) is 0 Å². The number of nitrogens with one attached hydrogen (secondary N) is 1. The van der Waals surface area contributed by atoms with Crippen molar-refractivity contribution in [3.8, 4) is 0 Å². The highest BCUT2D eigenvalue weighted by molar-refractivity contribution is 7.91. The second kappa shape index (κ2) is 11.8. The minimum atomic E-state index is -4.28. The van der Waals surface area contributed by atoms with Gasteiger partial charge in [-0.15, -0.1) is 11.3 Å². The van der Waals surface area contributed by atoms with Crippen LogP contribution in [0.2, 0.25) is 4.34 Å². The number of carbonyl (C=O) groups excluding carboxylic acids is 2. The molecule has 1 aromatic heterocycles. The van der Waals surface area contributed by atoms with Crippen molar-refractivity contribution in [2.45, 2.75) is 36.2 Å². The van der Waals surface area contributed by atoms with E-state index in [0.29, 0.717) is 5.56 Å². The van der Waals surface area contributed by atoms with Gasteiger partial charge >= 0.3 is 5.97 Å². The van der Waals surface area contributed by atoms with Gasteiger partial charge in [-0.2, -0.15) is 4.31 Å². The molecule has 0 aliphatic carbocycles. The molecule has 1 aliphatic rings. The Morgan fingerprint density at radius 2 is 1.85 bits per heavy atom. The van der Waals surface area contributed by atoms with Crippen molar-refractivity contribution in [3.63, 3.8) is 0 Å². The number of rotatable bonds is 8. The molecule has 39 heavy (non-hydrogen) atoms. The fourth-order valence-corrected chi connectivity index (χ4v) is 7.61. The smallest absolute Gasteiger partial charge is 0.305 e. The van der Waals surface area contributed by atoms with E-state index in [2.05, 4.69) is 5.32 Å². The summed E-state index contributed by atoms with van der Waals surface area (Å²) >= 11 is 6.79. The van der Waals surface area contributed by atoms with Gasteiger partial charge in [0.2, 0.25) is 0 Å². The van der Waals surface area contributed by atoms with E-state index in [-0.39, 0.29) is 33.6 Å². The number of sulfonamides is 1. The molecule has 2 unspecified atom stereocenters. The van der Waals surface area contributed by atoms with Gasteiger partial charge in [0.15, 0.2) is 6.17 Å². The van der Waals surface area contributed by atoms with Gasteiger partial charge in [0, 0.05) is 18.7 Å². The average molecular weight is 594 g/mol. The first-order valence-corrected chi connectivity index (χ1v) is 14.5. The Balaban J connectivity index is 1.75. The summed E-state index contributed by atoms with van der Waals surface area (Å²) in [4.78, 5) is 40.1. The number of nitrogens with zero attached hydrogens (tertiary/aromatic N) is 2. The lowest BCUT2D eigenvalue weighted by atomic mass is 10.0. The Kier molecular flexibility index (Phi) is 8.70. The summed E-state index contributed by atoms with van der Waals surface area (Å²) in [6.07, 6.45) is -1.88. The standard InChI is InChI=1S/C26H25ClFN3O6S2/c1-16-4-2-5-18(14-16)20(15-22(32)33)29-24(34)25-30(26(35)17-6-8-19(28)9-7-17)12-3-13-31(25)39(36,37)23-11-10-21(27)38-23/h2,4-11,14,20,25H,3,12-13,15H2,1H3,(H,29,34)(H,32,33). The number of hydrogen-bond donors (Lipinski definition) is 2. The predicted octanol–water partition coefficient (Wildman–Crippen LogP) is 4.04. The minimum Gasteiger partial charge on any atom is -0.481 e. The fraction of sp³-hybridized carbons (Fsp3) is 0.269. The summed E-state index contributed by atoms with van der Waals surface area (Å²) < 4.78 is 41.9. The van der Waals surface area contributed by atoms with Crippen LogP contribution in [0.5, 0.6) is 0 Å². The van der Waals surface area contributed by atoms with E-state index >= 15 is 0 Å². The van der Waals surface area contributed by atoms with Crippen LogP contribution in [0.4, 0.5) is 4.39 Å². The Labute approximate surface area is 233 Å². The van der Waals surface area contributed by atoms with Gasteiger partial charge in [-0.1, -0.05) is 41.4 Å². The van der Waals surface area contributed by atoms with Crippen LogP contribution in [-0.2, 0) is 19.6 Å². The molecule has 2 amide bonds. The first kappa shape index (κ1) is 28.7. The normalized spacial score (nSPS) is 17.0. The summed E-state index contributed by atoms with van der Waals surface area (Å²) in [6, 6.07) is 13.3. The summed E-state index contributed by atoms with van der Waals surface area (Å²) in [5, 5.41) is 12.2. The summed E-state index contributed by atoms with van der Waals surface area (Å²) in [7, 11) is -4.28. The van der Waals surface area contributed by atoms with E-state index in [1.165, 1.54) is 24.3 Å². The SMILES string of the molecule is Cc1cccc(C(CC(=O)O)NC(=O)C2N(C(=O)c3ccc(F)cc3)CCCN2S(=O)(=O)c2ccc(Cl)s2)c1. The molecule has 2 heterocycles. The van der Waals surface area contributed by atoms with Crippen LogP contribution in [-0.4, -0.2) is 59.8 Å². The zero-order valence-corrected chi connectivity index (χ0v) is 23.1. The van der Waals surface area contributed by atoms with Gasteiger partial charge < -0.3 is 15.3 Å². The molecular formula is C26H25ClFN3O6S2. The quantitative estimate of drug-likeness (QED) is 0.406. The van der Waals surface area contributed by atoms with Crippen LogP contribution >= 0.6 is 22.9 Å². The van der Waals surface area contributed by atoms with Crippen molar-refractivity contribution >= 4 is 50.7 Å². The minimum absolute atomic E-state index is 0.0412. The largest absolute Gasteiger partial charge is 0.481 e. The highest BCUT2D eigenvalue weighted by Gasteiger charge is 2.45. The summed E-state index contributed by atoms with van der Waals surface area (Å²) in [5.74, 6) is -3.29. The lowest BCUT2D eigenvalue weighted by Crippen LogP contribution is -2.63. The van der Waals surface area contributed by atoms with Gasteiger partial charge in [-0.05, 0) is 55.3 Å². The number of carboxylic acids is 1. The highest BCUT2D eigenvalue weighted by Crippen LogP contribution is 2.32. The Bertz CT molecular complexity index is 1500. The maximum Gasteiger partial charge on any atom is 0.305 e. The maximum absolute atomic E-state index is 13.9. The van der Waals surface area contributed by atoms with E-state index in [1.54, 1.807) is 18.2 Å². The average Bonchev–Trinajstić information content (AvgIpc) is 3.34. The maximum atomic E-state index is 13.9. The molecule has 2 atom stereocenters.